The number of benzene rings is 2. The van der Waals surface area contributed by atoms with Gasteiger partial charge in [-0.05, 0) is 30.5 Å². The molecule has 0 aromatic heterocycles. The average Bonchev–Trinajstić information content (AvgIpc) is 2.44. The minimum atomic E-state index is -0.969. The third-order valence-corrected chi connectivity index (χ3v) is 3.17. The van der Waals surface area contributed by atoms with Crippen LogP contribution in [0.2, 0.25) is 0 Å². The van der Waals surface area contributed by atoms with Crippen molar-refractivity contribution in [2.45, 2.75) is 19.4 Å². The molecule has 2 aromatic carbocycles. The van der Waals surface area contributed by atoms with Crippen LogP contribution in [0.1, 0.15) is 21.5 Å². The number of hydrogen-bond donors (Lipinski definition) is 1. The highest BCUT2D eigenvalue weighted by molar-refractivity contribution is 6.00. The van der Waals surface area contributed by atoms with Crippen LogP contribution >= 0.6 is 0 Å². The number of Topliss-reactive ketones (excluding diaryl/α,β-unsaturated/α-hetero) is 1. The summed E-state index contributed by atoms with van der Waals surface area (Å²) in [4.78, 5) is 12.1. The Morgan fingerprint density at radius 2 is 1.80 bits per heavy atom. The van der Waals surface area contributed by atoms with E-state index in [0.29, 0.717) is 0 Å². The van der Waals surface area contributed by atoms with Gasteiger partial charge >= 0.3 is 0 Å². The number of carbonyl (C=O) groups is 1. The summed E-state index contributed by atoms with van der Waals surface area (Å²) in [5.74, 6) is -2.42. The van der Waals surface area contributed by atoms with Gasteiger partial charge in [-0.3, -0.25) is 4.79 Å². The van der Waals surface area contributed by atoms with Crippen LogP contribution in [-0.4, -0.2) is 11.8 Å². The van der Waals surface area contributed by atoms with Gasteiger partial charge < -0.3 is 5.73 Å². The highest BCUT2D eigenvalue weighted by Crippen LogP contribution is 2.18. The van der Waals surface area contributed by atoms with E-state index in [9.17, 15) is 13.6 Å². The SMILES string of the molecule is Cc1ccc(F)c(C(=O)C(N)Cc2ccccc2)c1F. The van der Waals surface area contributed by atoms with Crippen LogP contribution in [0.25, 0.3) is 0 Å². The Labute approximate surface area is 116 Å². The molecule has 0 aliphatic carbocycles. The zero-order chi connectivity index (χ0) is 14.7. The number of nitrogens with two attached hydrogens (primary N) is 1. The van der Waals surface area contributed by atoms with Gasteiger partial charge in [-0.1, -0.05) is 36.4 Å². The fourth-order valence-electron chi connectivity index (χ4n) is 2.03. The van der Waals surface area contributed by atoms with Crippen molar-refractivity contribution in [1.29, 1.82) is 0 Å². The van der Waals surface area contributed by atoms with Crippen LogP contribution in [0.4, 0.5) is 8.78 Å². The standard InChI is InChI=1S/C16H15F2NO/c1-10-7-8-12(17)14(15(10)18)16(20)13(19)9-11-5-3-2-4-6-11/h2-8,13H,9,19H2,1H3. The number of ketones is 1. The summed E-state index contributed by atoms with van der Waals surface area (Å²) in [5, 5.41) is 0. The topological polar surface area (TPSA) is 43.1 Å². The molecule has 1 atom stereocenters. The van der Waals surface area contributed by atoms with Crippen LogP contribution < -0.4 is 5.73 Å². The van der Waals surface area contributed by atoms with Crippen LogP contribution in [0.5, 0.6) is 0 Å². The Kier molecular flexibility index (Phi) is 4.25. The van der Waals surface area contributed by atoms with E-state index in [4.69, 9.17) is 5.73 Å². The molecule has 0 spiro atoms. The van der Waals surface area contributed by atoms with E-state index in [1.807, 2.05) is 30.3 Å². The van der Waals surface area contributed by atoms with E-state index in [1.165, 1.54) is 13.0 Å². The van der Waals surface area contributed by atoms with Crippen molar-refractivity contribution in [2.24, 2.45) is 5.73 Å². The Hall–Kier alpha value is -2.07. The molecule has 0 heterocycles. The molecule has 0 radical (unpaired) electrons. The summed E-state index contributed by atoms with van der Waals surface area (Å²) in [5.41, 5.74) is 6.31. The highest BCUT2D eigenvalue weighted by atomic mass is 19.1. The normalized spacial score (nSPS) is 12.2. The molecule has 0 saturated heterocycles. The van der Waals surface area contributed by atoms with Crippen molar-refractivity contribution in [1.82, 2.24) is 0 Å². The second kappa shape index (κ2) is 5.92. The largest absolute Gasteiger partial charge is 0.321 e. The Bertz CT molecular complexity index is 626. The Balaban J connectivity index is 2.26. The fraction of sp³-hybridized carbons (Fsp3) is 0.188. The van der Waals surface area contributed by atoms with Crippen LogP contribution in [-0.2, 0) is 6.42 Å². The van der Waals surface area contributed by atoms with Gasteiger partial charge in [-0.15, -0.1) is 0 Å². The van der Waals surface area contributed by atoms with Gasteiger partial charge in [0.15, 0.2) is 5.78 Å². The van der Waals surface area contributed by atoms with Crippen LogP contribution in [0.3, 0.4) is 0 Å². The van der Waals surface area contributed by atoms with Gasteiger partial charge in [-0.2, -0.15) is 0 Å². The summed E-state index contributed by atoms with van der Waals surface area (Å²) in [6.45, 7) is 1.48. The van der Waals surface area contributed by atoms with Gasteiger partial charge in [0.2, 0.25) is 0 Å². The molecule has 1 unspecified atom stereocenters. The molecule has 2 N–H and O–H groups in total. The van der Waals surface area contributed by atoms with Crippen molar-refractivity contribution >= 4 is 5.78 Å². The van der Waals surface area contributed by atoms with Crippen molar-refractivity contribution in [3.05, 3.63) is 70.8 Å². The summed E-state index contributed by atoms with van der Waals surface area (Å²) in [7, 11) is 0. The van der Waals surface area contributed by atoms with E-state index in [-0.39, 0.29) is 12.0 Å². The zero-order valence-corrected chi connectivity index (χ0v) is 11.1. The van der Waals surface area contributed by atoms with Crippen LogP contribution in [0, 0.1) is 18.6 Å². The second-order valence-electron chi connectivity index (χ2n) is 4.71. The van der Waals surface area contributed by atoms with E-state index in [0.717, 1.165) is 11.6 Å². The third-order valence-electron chi connectivity index (χ3n) is 3.17. The molecule has 2 rings (SSSR count). The number of carbonyl (C=O) groups excluding carboxylic acids is 1. The molecule has 0 saturated carbocycles. The van der Waals surface area contributed by atoms with Gasteiger partial charge in [0.05, 0.1) is 11.6 Å². The fourth-order valence-corrected chi connectivity index (χ4v) is 2.03. The smallest absolute Gasteiger partial charge is 0.185 e. The van der Waals surface area contributed by atoms with E-state index >= 15 is 0 Å². The molecular weight excluding hydrogens is 260 g/mol. The predicted molar refractivity (Wildman–Crippen MR) is 73.5 cm³/mol. The maximum absolute atomic E-state index is 13.9. The third kappa shape index (κ3) is 2.91. The summed E-state index contributed by atoms with van der Waals surface area (Å²) >= 11 is 0. The predicted octanol–water partition coefficient (Wildman–Crippen LogP) is 3.03. The lowest BCUT2D eigenvalue weighted by Crippen LogP contribution is -2.34. The second-order valence-corrected chi connectivity index (χ2v) is 4.71. The molecule has 2 nitrogen and oxygen atoms in total. The zero-order valence-electron chi connectivity index (χ0n) is 11.1. The lowest BCUT2D eigenvalue weighted by atomic mass is 9.96. The first-order chi connectivity index (χ1) is 9.50. The molecule has 0 amide bonds. The minimum absolute atomic E-state index is 0.224. The monoisotopic (exact) mass is 275 g/mol. The minimum Gasteiger partial charge on any atom is -0.321 e. The lowest BCUT2D eigenvalue weighted by molar-refractivity contribution is 0.0952. The summed E-state index contributed by atoms with van der Waals surface area (Å²) in [6.07, 6.45) is 0.243. The van der Waals surface area contributed by atoms with Crippen LogP contribution in [0.15, 0.2) is 42.5 Å². The molecule has 20 heavy (non-hydrogen) atoms. The quantitative estimate of drug-likeness (QED) is 0.872. The first kappa shape index (κ1) is 14.3. The molecule has 2 aromatic rings. The Morgan fingerprint density at radius 1 is 1.15 bits per heavy atom. The number of halogens is 2. The van der Waals surface area contributed by atoms with Crippen molar-refractivity contribution in [2.75, 3.05) is 0 Å². The molecule has 104 valence electrons. The number of aryl methyl sites for hydroxylation is 1. The average molecular weight is 275 g/mol. The maximum atomic E-state index is 13.9. The van der Waals surface area contributed by atoms with Crippen molar-refractivity contribution in [3.8, 4) is 0 Å². The molecule has 0 aliphatic heterocycles. The first-order valence-corrected chi connectivity index (χ1v) is 6.29. The van der Waals surface area contributed by atoms with Gasteiger partial charge in [0, 0.05) is 0 Å². The number of hydrogen-bond acceptors (Lipinski definition) is 2. The van der Waals surface area contributed by atoms with Gasteiger partial charge in [0.1, 0.15) is 11.6 Å². The van der Waals surface area contributed by atoms with E-state index < -0.39 is 29.0 Å². The van der Waals surface area contributed by atoms with E-state index in [1.54, 1.807) is 0 Å². The molecule has 0 aliphatic rings. The molecule has 0 fully saturated rings. The summed E-state index contributed by atoms with van der Waals surface area (Å²) in [6, 6.07) is 10.5. The van der Waals surface area contributed by atoms with Crippen molar-refractivity contribution < 1.29 is 13.6 Å². The van der Waals surface area contributed by atoms with Gasteiger partial charge in [0.25, 0.3) is 0 Å². The van der Waals surface area contributed by atoms with E-state index in [2.05, 4.69) is 0 Å². The van der Waals surface area contributed by atoms with Gasteiger partial charge in [-0.25, -0.2) is 8.78 Å². The highest BCUT2D eigenvalue weighted by Gasteiger charge is 2.24. The first-order valence-electron chi connectivity index (χ1n) is 6.29. The number of rotatable bonds is 4. The molecule has 4 heteroatoms. The van der Waals surface area contributed by atoms with Crippen molar-refractivity contribution in [3.63, 3.8) is 0 Å². The Morgan fingerprint density at radius 3 is 2.45 bits per heavy atom. The summed E-state index contributed by atoms with van der Waals surface area (Å²) < 4.78 is 27.6. The molecular formula is C16H15F2NO. The maximum Gasteiger partial charge on any atom is 0.185 e. The lowest BCUT2D eigenvalue weighted by Gasteiger charge is -2.13. The molecule has 0 bridgehead atoms.